The van der Waals surface area contributed by atoms with E-state index in [4.69, 9.17) is 9.47 Å². The zero-order chi connectivity index (χ0) is 17.5. The highest BCUT2D eigenvalue weighted by Gasteiger charge is 2.21. The molecule has 4 heteroatoms. The number of para-hydroxylation sites is 1. The Balaban J connectivity index is 2.22. The monoisotopic (exact) mass is 327 g/mol. The van der Waals surface area contributed by atoms with E-state index < -0.39 is 0 Å². The molecule has 0 bridgehead atoms. The molecule has 2 aromatic carbocycles. The maximum Gasteiger partial charge on any atom is 0.255 e. The molecule has 0 aliphatic heterocycles. The van der Waals surface area contributed by atoms with E-state index in [1.54, 1.807) is 13.2 Å². The van der Waals surface area contributed by atoms with Crippen molar-refractivity contribution in [3.8, 4) is 11.5 Å². The van der Waals surface area contributed by atoms with Gasteiger partial charge in [-0.1, -0.05) is 38.1 Å². The quantitative estimate of drug-likeness (QED) is 0.828. The lowest BCUT2D eigenvalue weighted by molar-refractivity contribution is 0.0922. The molecule has 0 radical (unpaired) electrons. The van der Waals surface area contributed by atoms with Gasteiger partial charge in [-0.25, -0.2) is 0 Å². The minimum atomic E-state index is -0.131. The van der Waals surface area contributed by atoms with Gasteiger partial charge in [-0.15, -0.1) is 0 Å². The van der Waals surface area contributed by atoms with Crippen molar-refractivity contribution in [3.63, 3.8) is 0 Å². The molecule has 24 heavy (non-hydrogen) atoms. The lowest BCUT2D eigenvalue weighted by Crippen LogP contribution is -2.32. The highest BCUT2D eigenvalue weighted by molar-refractivity contribution is 5.97. The van der Waals surface area contributed by atoms with E-state index in [1.165, 1.54) is 0 Å². The Morgan fingerprint density at radius 3 is 2.33 bits per heavy atom. The predicted molar refractivity (Wildman–Crippen MR) is 95.7 cm³/mol. The van der Waals surface area contributed by atoms with E-state index in [-0.39, 0.29) is 17.9 Å². The van der Waals surface area contributed by atoms with Crippen LogP contribution >= 0.6 is 0 Å². The lowest BCUT2D eigenvalue weighted by Gasteiger charge is -2.23. The Kier molecular flexibility index (Phi) is 6.24. The first kappa shape index (κ1) is 17.9. The van der Waals surface area contributed by atoms with E-state index in [2.05, 4.69) is 19.2 Å². The summed E-state index contributed by atoms with van der Waals surface area (Å²) in [4.78, 5) is 12.7. The van der Waals surface area contributed by atoms with Gasteiger partial charge in [-0.05, 0) is 42.7 Å². The number of rotatable bonds is 7. The van der Waals surface area contributed by atoms with Crippen molar-refractivity contribution in [1.82, 2.24) is 5.32 Å². The third-order valence-corrected chi connectivity index (χ3v) is 3.86. The van der Waals surface area contributed by atoms with E-state index in [0.717, 1.165) is 11.3 Å². The van der Waals surface area contributed by atoms with E-state index in [9.17, 15) is 4.79 Å². The maximum absolute atomic E-state index is 12.7. The van der Waals surface area contributed by atoms with Gasteiger partial charge in [0.2, 0.25) is 0 Å². The maximum atomic E-state index is 12.7. The minimum absolute atomic E-state index is 0.0851. The van der Waals surface area contributed by atoms with Crippen LogP contribution in [0.1, 0.15) is 42.7 Å². The highest BCUT2D eigenvalue weighted by atomic mass is 16.5. The van der Waals surface area contributed by atoms with Gasteiger partial charge in [0.15, 0.2) is 0 Å². The SMILES string of the molecule is CCOc1ccccc1C(=O)NC(c1ccc(OC)cc1)C(C)C. The van der Waals surface area contributed by atoms with Gasteiger partial charge in [0.1, 0.15) is 11.5 Å². The van der Waals surface area contributed by atoms with E-state index >= 15 is 0 Å². The van der Waals surface area contributed by atoms with Crippen LogP contribution in [0.5, 0.6) is 11.5 Å². The van der Waals surface area contributed by atoms with Crippen LogP contribution in [-0.4, -0.2) is 19.6 Å². The Morgan fingerprint density at radius 2 is 1.75 bits per heavy atom. The summed E-state index contributed by atoms with van der Waals surface area (Å²) in [5.41, 5.74) is 1.60. The molecule has 0 saturated heterocycles. The number of benzene rings is 2. The number of nitrogens with one attached hydrogen (secondary N) is 1. The van der Waals surface area contributed by atoms with Gasteiger partial charge in [-0.2, -0.15) is 0 Å². The van der Waals surface area contributed by atoms with Gasteiger partial charge in [0.05, 0.1) is 25.3 Å². The molecule has 2 aromatic rings. The molecule has 4 nitrogen and oxygen atoms in total. The van der Waals surface area contributed by atoms with Gasteiger partial charge in [0.25, 0.3) is 5.91 Å². The van der Waals surface area contributed by atoms with Crippen LogP contribution in [0.3, 0.4) is 0 Å². The Morgan fingerprint density at radius 1 is 1.08 bits per heavy atom. The van der Waals surface area contributed by atoms with Gasteiger partial charge < -0.3 is 14.8 Å². The van der Waals surface area contributed by atoms with Crippen LogP contribution in [0, 0.1) is 5.92 Å². The molecule has 1 amide bonds. The second kappa shape index (κ2) is 8.39. The van der Waals surface area contributed by atoms with Crippen LogP contribution in [0.25, 0.3) is 0 Å². The third kappa shape index (κ3) is 4.28. The van der Waals surface area contributed by atoms with Crippen molar-refractivity contribution in [2.45, 2.75) is 26.8 Å². The number of methoxy groups -OCH3 is 1. The zero-order valence-electron chi connectivity index (χ0n) is 14.7. The molecule has 0 heterocycles. The summed E-state index contributed by atoms with van der Waals surface area (Å²) in [5.74, 6) is 1.53. The smallest absolute Gasteiger partial charge is 0.255 e. The normalized spacial score (nSPS) is 11.9. The van der Waals surface area contributed by atoms with Crippen molar-refractivity contribution < 1.29 is 14.3 Å². The fraction of sp³-hybridized carbons (Fsp3) is 0.350. The summed E-state index contributed by atoms with van der Waals surface area (Å²) in [5, 5.41) is 3.13. The second-order valence-electron chi connectivity index (χ2n) is 5.90. The predicted octanol–water partition coefficient (Wildman–Crippen LogP) is 4.22. The van der Waals surface area contributed by atoms with Crippen LogP contribution in [0.4, 0.5) is 0 Å². The lowest BCUT2D eigenvalue weighted by atomic mass is 9.95. The average Bonchev–Trinajstić information content (AvgIpc) is 2.60. The molecule has 1 unspecified atom stereocenters. The summed E-state index contributed by atoms with van der Waals surface area (Å²) < 4.78 is 10.8. The number of amides is 1. The fourth-order valence-electron chi connectivity index (χ4n) is 2.60. The summed E-state index contributed by atoms with van der Waals surface area (Å²) in [6.45, 7) is 6.60. The second-order valence-corrected chi connectivity index (χ2v) is 5.90. The van der Waals surface area contributed by atoms with Crippen molar-refractivity contribution in [1.29, 1.82) is 0 Å². The standard InChI is InChI=1S/C20H25NO3/c1-5-24-18-9-7-6-8-17(18)20(22)21-19(14(2)3)15-10-12-16(23-4)13-11-15/h6-14,19H,5H2,1-4H3,(H,21,22). The van der Waals surface area contributed by atoms with E-state index in [1.807, 2.05) is 49.4 Å². The van der Waals surface area contributed by atoms with Crippen LogP contribution in [0.15, 0.2) is 48.5 Å². The van der Waals surface area contributed by atoms with Crippen molar-refractivity contribution in [3.05, 3.63) is 59.7 Å². The van der Waals surface area contributed by atoms with Crippen molar-refractivity contribution >= 4 is 5.91 Å². The number of carbonyl (C=O) groups is 1. The molecule has 0 saturated carbocycles. The average molecular weight is 327 g/mol. The summed E-state index contributed by atoms with van der Waals surface area (Å²) in [6.07, 6.45) is 0. The van der Waals surface area contributed by atoms with Gasteiger partial charge in [0, 0.05) is 0 Å². The summed E-state index contributed by atoms with van der Waals surface area (Å²) in [7, 11) is 1.64. The molecule has 0 aliphatic rings. The molecule has 0 aliphatic carbocycles. The Hall–Kier alpha value is -2.49. The Bertz CT molecular complexity index is 665. The largest absolute Gasteiger partial charge is 0.497 e. The molecular formula is C20H25NO3. The molecule has 128 valence electrons. The molecule has 1 atom stereocenters. The highest BCUT2D eigenvalue weighted by Crippen LogP contribution is 2.26. The minimum Gasteiger partial charge on any atom is -0.497 e. The molecule has 0 spiro atoms. The number of carbonyl (C=O) groups excluding carboxylic acids is 1. The first-order chi connectivity index (χ1) is 11.6. The number of hydrogen-bond acceptors (Lipinski definition) is 3. The van der Waals surface area contributed by atoms with Crippen LogP contribution in [0.2, 0.25) is 0 Å². The summed E-state index contributed by atoms with van der Waals surface area (Å²) in [6, 6.07) is 15.0. The topological polar surface area (TPSA) is 47.6 Å². The van der Waals surface area contributed by atoms with Gasteiger partial charge >= 0.3 is 0 Å². The molecular weight excluding hydrogens is 302 g/mol. The molecule has 1 N–H and O–H groups in total. The molecule has 2 rings (SSSR count). The summed E-state index contributed by atoms with van der Waals surface area (Å²) >= 11 is 0. The van der Waals surface area contributed by atoms with E-state index in [0.29, 0.717) is 17.9 Å². The van der Waals surface area contributed by atoms with Crippen molar-refractivity contribution in [2.24, 2.45) is 5.92 Å². The molecule has 0 fully saturated rings. The zero-order valence-corrected chi connectivity index (χ0v) is 14.7. The van der Waals surface area contributed by atoms with Crippen LogP contribution in [-0.2, 0) is 0 Å². The third-order valence-electron chi connectivity index (χ3n) is 3.86. The van der Waals surface area contributed by atoms with Crippen molar-refractivity contribution in [2.75, 3.05) is 13.7 Å². The number of ether oxygens (including phenoxy) is 2. The number of hydrogen-bond donors (Lipinski definition) is 1. The first-order valence-electron chi connectivity index (χ1n) is 8.23. The fourth-order valence-corrected chi connectivity index (χ4v) is 2.60. The molecule has 0 aromatic heterocycles. The van der Waals surface area contributed by atoms with Crippen LogP contribution < -0.4 is 14.8 Å². The Labute approximate surface area is 143 Å². The first-order valence-corrected chi connectivity index (χ1v) is 8.23. The van der Waals surface area contributed by atoms with Gasteiger partial charge in [-0.3, -0.25) is 4.79 Å².